The zero-order valence-electron chi connectivity index (χ0n) is 19.8. The van der Waals surface area contributed by atoms with Gasteiger partial charge in [-0.25, -0.2) is 13.2 Å². The van der Waals surface area contributed by atoms with E-state index in [1.807, 2.05) is 48.5 Å². The lowest BCUT2D eigenvalue weighted by molar-refractivity contribution is 0.159. The largest absolute Gasteiger partial charge is 0.383 e. The Morgan fingerprint density at radius 1 is 1.09 bits per heavy atom. The van der Waals surface area contributed by atoms with Crippen molar-refractivity contribution in [3.05, 3.63) is 78.5 Å². The number of anilines is 1. The van der Waals surface area contributed by atoms with Crippen molar-refractivity contribution in [1.29, 1.82) is 0 Å². The molecule has 0 radical (unpaired) electrons. The Balaban J connectivity index is 1.57. The first kappa shape index (κ1) is 24.8. The van der Waals surface area contributed by atoms with Crippen molar-refractivity contribution < 1.29 is 17.9 Å². The number of hydrogen-bond acceptors (Lipinski definition) is 6. The van der Waals surface area contributed by atoms with Crippen LogP contribution in [0.3, 0.4) is 0 Å². The van der Waals surface area contributed by atoms with Gasteiger partial charge >= 0.3 is 6.03 Å². The average molecular weight is 495 g/mol. The van der Waals surface area contributed by atoms with Gasteiger partial charge in [0, 0.05) is 50.7 Å². The van der Waals surface area contributed by atoms with Gasteiger partial charge in [0.15, 0.2) is 9.84 Å². The average Bonchev–Trinajstić information content (AvgIpc) is 3.25. The first-order chi connectivity index (χ1) is 16.8. The number of hydrogen-bond donors (Lipinski definition) is 2. The minimum atomic E-state index is -3.50. The Bertz CT molecular complexity index is 1250. The van der Waals surface area contributed by atoms with E-state index in [1.54, 1.807) is 7.11 Å². The molecule has 1 aliphatic rings. The van der Waals surface area contributed by atoms with E-state index in [1.165, 1.54) is 12.3 Å². The summed E-state index contributed by atoms with van der Waals surface area (Å²) < 4.78 is 29.5. The van der Waals surface area contributed by atoms with Crippen LogP contribution in [0.4, 0.5) is 10.5 Å². The van der Waals surface area contributed by atoms with Gasteiger partial charge in [0.1, 0.15) is 0 Å². The third-order valence-corrected chi connectivity index (χ3v) is 7.22. The van der Waals surface area contributed by atoms with Crippen LogP contribution in [-0.2, 0) is 14.6 Å². The first-order valence-corrected chi connectivity index (χ1v) is 13.3. The molecule has 1 aromatic heterocycles. The SMILES string of the molecule is COCCN1C[C@H](NC(=O)Nc2cc(S(C)(=O)=O)cnc2-c2ccccc2)[C@@H](c2ccccc2)C1. The Labute approximate surface area is 206 Å². The Morgan fingerprint density at radius 2 is 1.77 bits per heavy atom. The molecule has 3 aromatic rings. The molecule has 2 heterocycles. The van der Waals surface area contributed by atoms with Gasteiger partial charge in [-0.15, -0.1) is 0 Å². The first-order valence-electron chi connectivity index (χ1n) is 11.4. The number of ether oxygens (including phenoxy) is 1. The summed E-state index contributed by atoms with van der Waals surface area (Å²) in [5.74, 6) is 0.118. The lowest BCUT2D eigenvalue weighted by Crippen LogP contribution is -2.42. The summed E-state index contributed by atoms with van der Waals surface area (Å²) in [4.78, 5) is 19.8. The highest BCUT2D eigenvalue weighted by Gasteiger charge is 2.34. The van der Waals surface area contributed by atoms with Crippen molar-refractivity contribution in [3.63, 3.8) is 0 Å². The molecule has 2 atom stereocenters. The number of urea groups is 1. The number of pyridine rings is 1. The number of amides is 2. The van der Waals surface area contributed by atoms with Crippen molar-refractivity contribution in [2.45, 2.75) is 16.9 Å². The fraction of sp³-hybridized carbons (Fsp3) is 0.308. The maximum Gasteiger partial charge on any atom is 0.319 e. The van der Waals surface area contributed by atoms with Crippen LogP contribution in [0, 0.1) is 0 Å². The summed E-state index contributed by atoms with van der Waals surface area (Å²) in [6, 6.07) is 20.4. The van der Waals surface area contributed by atoms with Gasteiger partial charge in [-0.2, -0.15) is 0 Å². The molecule has 1 fully saturated rings. The van der Waals surface area contributed by atoms with Crippen molar-refractivity contribution in [2.75, 3.05) is 44.9 Å². The summed E-state index contributed by atoms with van der Waals surface area (Å²) in [6.07, 6.45) is 2.43. The molecular formula is C26H30N4O4S. The lowest BCUT2D eigenvalue weighted by Gasteiger charge is -2.21. The molecule has 35 heavy (non-hydrogen) atoms. The van der Waals surface area contributed by atoms with E-state index < -0.39 is 15.9 Å². The van der Waals surface area contributed by atoms with Crippen LogP contribution in [0.2, 0.25) is 0 Å². The van der Waals surface area contributed by atoms with Crippen molar-refractivity contribution in [3.8, 4) is 11.3 Å². The predicted octanol–water partition coefficient (Wildman–Crippen LogP) is 3.39. The van der Waals surface area contributed by atoms with E-state index >= 15 is 0 Å². The quantitative estimate of drug-likeness (QED) is 0.498. The van der Waals surface area contributed by atoms with Crippen LogP contribution >= 0.6 is 0 Å². The van der Waals surface area contributed by atoms with Gasteiger partial charge in [-0.3, -0.25) is 9.88 Å². The lowest BCUT2D eigenvalue weighted by atomic mass is 9.94. The highest BCUT2D eigenvalue weighted by Crippen LogP contribution is 2.30. The Hall–Kier alpha value is -3.27. The summed E-state index contributed by atoms with van der Waals surface area (Å²) in [5.41, 5.74) is 2.77. The van der Waals surface area contributed by atoms with E-state index in [0.717, 1.165) is 30.5 Å². The number of nitrogens with zero attached hydrogens (tertiary/aromatic N) is 2. The molecule has 0 spiro atoms. The maximum absolute atomic E-state index is 13.2. The number of benzene rings is 2. The van der Waals surface area contributed by atoms with Crippen LogP contribution in [0.5, 0.6) is 0 Å². The van der Waals surface area contributed by atoms with E-state index in [9.17, 15) is 13.2 Å². The van der Waals surface area contributed by atoms with Crippen molar-refractivity contribution in [1.82, 2.24) is 15.2 Å². The van der Waals surface area contributed by atoms with E-state index in [4.69, 9.17) is 4.74 Å². The fourth-order valence-electron chi connectivity index (χ4n) is 4.37. The monoisotopic (exact) mass is 494 g/mol. The molecule has 4 rings (SSSR count). The Morgan fingerprint density at radius 3 is 2.43 bits per heavy atom. The smallest absolute Gasteiger partial charge is 0.319 e. The van der Waals surface area contributed by atoms with Gasteiger partial charge in [-0.05, 0) is 11.6 Å². The molecule has 1 aliphatic heterocycles. The predicted molar refractivity (Wildman–Crippen MR) is 136 cm³/mol. The summed E-state index contributed by atoms with van der Waals surface area (Å²) in [5, 5.41) is 5.97. The van der Waals surface area contributed by atoms with Gasteiger partial charge in [0.2, 0.25) is 0 Å². The molecule has 0 unspecified atom stereocenters. The zero-order chi connectivity index (χ0) is 24.8. The second-order valence-corrected chi connectivity index (χ2v) is 10.7. The minimum Gasteiger partial charge on any atom is -0.383 e. The standard InChI is InChI=1S/C26H30N4O4S/c1-34-14-13-30-17-22(19-9-5-3-6-10-19)24(18-30)29-26(31)28-23-15-21(35(2,32)33)16-27-25(23)20-11-7-4-8-12-20/h3-12,15-16,22,24H,13-14,17-18H2,1-2H3,(H2,28,29,31)/t22-,24+/m1/s1. The van der Waals surface area contributed by atoms with Crippen LogP contribution in [0.15, 0.2) is 77.8 Å². The zero-order valence-corrected chi connectivity index (χ0v) is 20.7. The molecule has 9 heteroatoms. The van der Waals surface area contributed by atoms with E-state index in [2.05, 4.69) is 32.7 Å². The van der Waals surface area contributed by atoms with Crippen LogP contribution in [-0.4, -0.2) is 70.0 Å². The molecule has 2 N–H and O–H groups in total. The second-order valence-electron chi connectivity index (χ2n) is 8.68. The molecule has 0 aliphatic carbocycles. The maximum atomic E-state index is 13.2. The number of carbonyl (C=O) groups excluding carboxylic acids is 1. The number of rotatable bonds is 8. The van der Waals surface area contributed by atoms with Gasteiger partial charge in [0.25, 0.3) is 0 Å². The van der Waals surface area contributed by atoms with Crippen molar-refractivity contribution >= 4 is 21.6 Å². The molecule has 8 nitrogen and oxygen atoms in total. The number of aromatic nitrogens is 1. The molecule has 1 saturated heterocycles. The summed E-state index contributed by atoms with van der Waals surface area (Å²) in [7, 11) is -1.82. The third-order valence-electron chi connectivity index (χ3n) is 6.14. The summed E-state index contributed by atoms with van der Waals surface area (Å²) in [6.45, 7) is 2.88. The van der Waals surface area contributed by atoms with Crippen molar-refractivity contribution in [2.24, 2.45) is 0 Å². The highest BCUT2D eigenvalue weighted by molar-refractivity contribution is 7.90. The topological polar surface area (TPSA) is 101 Å². The number of sulfone groups is 1. The molecule has 184 valence electrons. The van der Waals surface area contributed by atoms with Crippen LogP contribution in [0.1, 0.15) is 11.5 Å². The third kappa shape index (κ3) is 6.25. The molecule has 0 bridgehead atoms. The van der Waals surface area contributed by atoms with E-state index in [-0.39, 0.29) is 16.9 Å². The molecule has 2 amide bonds. The van der Waals surface area contributed by atoms with Gasteiger partial charge in [-0.1, -0.05) is 60.7 Å². The summed E-state index contributed by atoms with van der Waals surface area (Å²) >= 11 is 0. The van der Waals surface area contributed by atoms with E-state index in [0.29, 0.717) is 24.5 Å². The number of likely N-dealkylation sites (tertiary alicyclic amines) is 1. The normalized spacial score (nSPS) is 18.3. The minimum absolute atomic E-state index is 0.0428. The Kier molecular flexibility index (Phi) is 7.80. The number of methoxy groups -OCH3 is 1. The number of nitrogens with one attached hydrogen (secondary N) is 2. The van der Waals surface area contributed by atoms with Crippen LogP contribution < -0.4 is 10.6 Å². The fourth-order valence-corrected chi connectivity index (χ4v) is 4.95. The van der Waals surface area contributed by atoms with Gasteiger partial charge in [0.05, 0.1) is 28.9 Å². The number of carbonyl (C=O) groups is 1. The van der Waals surface area contributed by atoms with Crippen LogP contribution in [0.25, 0.3) is 11.3 Å². The molecule has 0 saturated carbocycles. The highest BCUT2D eigenvalue weighted by atomic mass is 32.2. The molecular weight excluding hydrogens is 464 g/mol. The van der Waals surface area contributed by atoms with Gasteiger partial charge < -0.3 is 15.4 Å². The molecule has 2 aromatic carbocycles. The second kappa shape index (κ2) is 11.0.